The van der Waals surface area contributed by atoms with Crippen LogP contribution in [0.4, 0.5) is 13.2 Å². The summed E-state index contributed by atoms with van der Waals surface area (Å²) in [5.74, 6) is -1.38. The van der Waals surface area contributed by atoms with Gasteiger partial charge in [-0.2, -0.15) is 15.8 Å². The monoisotopic (exact) mass is 845 g/mol. The fourth-order valence-electron chi connectivity index (χ4n) is 5.00. The average Bonchev–Trinajstić information content (AvgIpc) is 3.99. The number of nitrogens with two attached hydrogens (primary N) is 1. The number of esters is 1. The number of rotatable bonds is 5. The number of aromatic amines is 1. The molecule has 8 rings (SSSR count). The Labute approximate surface area is 346 Å². The highest BCUT2D eigenvalue weighted by Gasteiger charge is 2.13. The number of nitriles is 3. The minimum absolute atomic E-state index is 0.0545. The predicted octanol–water partition coefficient (Wildman–Crippen LogP) is 5.33. The van der Waals surface area contributed by atoms with Gasteiger partial charge in [-0.25, -0.2) is 47.9 Å². The number of imidazole rings is 3. The third kappa shape index (κ3) is 10.2. The third-order valence-corrected chi connectivity index (χ3v) is 8.13. The summed E-state index contributed by atoms with van der Waals surface area (Å²) in [7, 11) is 0. The Morgan fingerprint density at radius 2 is 1.34 bits per heavy atom. The summed E-state index contributed by atoms with van der Waals surface area (Å²) in [4.78, 5) is 48.9. The molecule has 0 aliphatic carbocycles. The first-order chi connectivity index (χ1) is 29.3. The normalized spacial score (nSPS) is 10.5. The topological polar surface area (TPSA) is 271 Å². The van der Waals surface area contributed by atoms with Gasteiger partial charge < -0.3 is 15.5 Å². The first-order valence-electron chi connectivity index (χ1n) is 17.2. The first kappa shape index (κ1) is 43.4. The Morgan fingerprint density at radius 3 is 1.85 bits per heavy atom. The second kappa shape index (κ2) is 19.6. The molecule has 0 radical (unpaired) electrons. The summed E-state index contributed by atoms with van der Waals surface area (Å²) in [5.41, 5.74) is 7.91. The highest BCUT2D eigenvalue weighted by molar-refractivity contribution is 6.30. The van der Waals surface area contributed by atoms with E-state index in [-0.39, 0.29) is 45.2 Å². The SMILES string of the molecule is C/C=C(\C#N)C(=O)OCC.N#Cc1cnc(-c2cnc3ccc(F)cn23)[nH]c1=O.N#Cc1cnc(-c2cnc3ccc(F)cn23)nc1Cl.N=C(N)c1cnc2ccc(F)cn12. The summed E-state index contributed by atoms with van der Waals surface area (Å²) in [6.45, 7) is 3.62. The van der Waals surface area contributed by atoms with Crippen molar-refractivity contribution in [3.05, 3.63) is 147 Å². The van der Waals surface area contributed by atoms with Crippen LogP contribution >= 0.6 is 11.6 Å². The number of nitrogens with zero attached hydrogens (tertiary/aromatic N) is 12. The lowest BCUT2D eigenvalue weighted by Gasteiger charge is -2.01. The van der Waals surface area contributed by atoms with E-state index in [4.69, 9.17) is 38.5 Å². The van der Waals surface area contributed by atoms with Crippen molar-refractivity contribution in [3.63, 3.8) is 0 Å². The van der Waals surface area contributed by atoms with E-state index in [1.807, 2.05) is 6.07 Å². The van der Waals surface area contributed by atoms with E-state index in [0.29, 0.717) is 40.6 Å². The van der Waals surface area contributed by atoms with Gasteiger partial charge in [-0.15, -0.1) is 0 Å². The number of hydrogen-bond donors (Lipinski definition) is 3. The van der Waals surface area contributed by atoms with Gasteiger partial charge >= 0.3 is 5.97 Å². The van der Waals surface area contributed by atoms with Gasteiger partial charge in [0.25, 0.3) is 5.56 Å². The molecule has 0 atom stereocenters. The van der Waals surface area contributed by atoms with Crippen LogP contribution in [0.5, 0.6) is 0 Å². The zero-order valence-electron chi connectivity index (χ0n) is 31.5. The quantitative estimate of drug-likeness (QED) is 0.0494. The van der Waals surface area contributed by atoms with Crippen molar-refractivity contribution in [1.29, 1.82) is 21.2 Å². The first-order valence-corrected chi connectivity index (χ1v) is 17.6. The number of hydrogen-bond acceptors (Lipinski definition) is 13. The molecule has 0 saturated heterocycles. The molecule has 304 valence electrons. The lowest BCUT2D eigenvalue weighted by Crippen LogP contribution is -2.13. The molecule has 8 heterocycles. The molecule has 0 fully saturated rings. The maximum absolute atomic E-state index is 13.2. The molecule has 0 unspecified atom stereocenters. The molecule has 0 aliphatic heterocycles. The molecule has 8 aromatic rings. The van der Waals surface area contributed by atoms with Crippen LogP contribution < -0.4 is 11.3 Å². The Bertz CT molecular complexity index is 3150. The predicted molar refractivity (Wildman–Crippen MR) is 212 cm³/mol. The summed E-state index contributed by atoms with van der Waals surface area (Å²) in [6.07, 6.45) is 12.1. The van der Waals surface area contributed by atoms with E-state index in [1.165, 1.54) is 99.2 Å². The van der Waals surface area contributed by atoms with Crippen molar-refractivity contribution in [3.8, 4) is 41.2 Å². The van der Waals surface area contributed by atoms with Gasteiger partial charge in [-0.1, -0.05) is 17.7 Å². The molecular weight excluding hydrogens is 819 g/mol. The molecule has 22 heteroatoms. The van der Waals surface area contributed by atoms with Gasteiger partial charge in [-0.05, 0) is 50.2 Å². The van der Waals surface area contributed by atoms with Gasteiger partial charge in [0, 0.05) is 18.6 Å². The lowest BCUT2D eigenvalue weighted by molar-refractivity contribution is -0.138. The van der Waals surface area contributed by atoms with E-state index in [0.717, 1.165) is 0 Å². The van der Waals surface area contributed by atoms with Crippen LogP contribution in [-0.2, 0) is 9.53 Å². The largest absolute Gasteiger partial charge is 0.462 e. The number of H-pyrrole nitrogens is 1. The number of halogens is 4. The van der Waals surface area contributed by atoms with Gasteiger partial charge in [0.2, 0.25) is 0 Å². The number of aromatic nitrogens is 10. The van der Waals surface area contributed by atoms with E-state index in [9.17, 15) is 22.8 Å². The smallest absolute Gasteiger partial charge is 0.348 e. The maximum Gasteiger partial charge on any atom is 0.348 e. The van der Waals surface area contributed by atoms with Crippen LogP contribution in [0.3, 0.4) is 0 Å². The van der Waals surface area contributed by atoms with E-state index in [2.05, 4.69) is 39.6 Å². The standard InChI is InChI=1S/C12H5ClFN5.C12H6FN5O.C8H7FN4.C7H9NO2/c13-11-7(3-15)4-17-12(18-11)9-5-16-10-2-1-8(14)6-19(9)10;13-8-1-2-10-15-5-9(18(10)6-8)11-16-4-7(3-14)12(19)17-11;9-5-1-2-7-12-3-6(8(10)11)13(7)4-5;1-3-6(5-8)7(9)10-4-2/h1-2,4-6H;1-2,4-6H,(H,16,17,19);1-4H,(H3,10,11);3H,4H2,1-2H3/b;;;6-3+. The van der Waals surface area contributed by atoms with Crippen LogP contribution in [0.1, 0.15) is 30.7 Å². The highest BCUT2D eigenvalue weighted by Crippen LogP contribution is 2.21. The average molecular weight is 846 g/mol. The molecule has 61 heavy (non-hydrogen) atoms. The maximum atomic E-state index is 13.2. The second-order valence-electron chi connectivity index (χ2n) is 11.7. The van der Waals surface area contributed by atoms with Crippen molar-refractivity contribution in [2.24, 2.45) is 5.73 Å². The zero-order chi connectivity index (χ0) is 44.2. The Kier molecular flexibility index (Phi) is 13.9. The van der Waals surface area contributed by atoms with Crippen molar-refractivity contribution in [2.75, 3.05) is 6.61 Å². The van der Waals surface area contributed by atoms with Crippen LogP contribution in [0.15, 0.2) is 102 Å². The molecule has 0 amide bonds. The highest BCUT2D eigenvalue weighted by atomic mass is 35.5. The van der Waals surface area contributed by atoms with Crippen LogP contribution in [0.2, 0.25) is 5.15 Å². The fourth-order valence-corrected chi connectivity index (χ4v) is 5.18. The molecular formula is C39H27ClF3N15O3. The molecule has 0 saturated carbocycles. The minimum atomic E-state index is -0.549. The second-order valence-corrected chi connectivity index (χ2v) is 12.1. The van der Waals surface area contributed by atoms with Crippen molar-refractivity contribution < 1.29 is 22.7 Å². The minimum Gasteiger partial charge on any atom is -0.462 e. The van der Waals surface area contributed by atoms with E-state index in [1.54, 1.807) is 32.1 Å². The number of pyridine rings is 3. The summed E-state index contributed by atoms with van der Waals surface area (Å²) in [5, 5.41) is 33.0. The number of fused-ring (bicyclic) bond motifs is 3. The molecule has 0 aromatic carbocycles. The molecule has 0 aliphatic rings. The molecule has 0 bridgehead atoms. The number of carbonyl (C=O) groups excluding carboxylic acids is 1. The van der Waals surface area contributed by atoms with Crippen LogP contribution in [-0.4, -0.2) is 66.5 Å². The van der Waals surface area contributed by atoms with Crippen LogP contribution in [0.25, 0.3) is 40.0 Å². The lowest BCUT2D eigenvalue weighted by atomic mass is 10.3. The van der Waals surface area contributed by atoms with Crippen molar-refractivity contribution in [2.45, 2.75) is 13.8 Å². The van der Waals surface area contributed by atoms with Gasteiger partial charge in [0.05, 0.1) is 37.6 Å². The van der Waals surface area contributed by atoms with Gasteiger partial charge in [0.15, 0.2) is 16.8 Å². The number of carbonyl (C=O) groups is 1. The molecule has 0 spiro atoms. The Hall–Kier alpha value is -8.74. The zero-order valence-corrected chi connectivity index (χ0v) is 32.3. The molecule has 8 aromatic heterocycles. The molecule has 18 nitrogen and oxygen atoms in total. The summed E-state index contributed by atoms with van der Waals surface area (Å²) < 4.78 is 48.3. The number of nitrogens with one attached hydrogen (secondary N) is 2. The summed E-state index contributed by atoms with van der Waals surface area (Å²) in [6, 6.07) is 13.8. The van der Waals surface area contributed by atoms with Gasteiger partial charge in [-0.3, -0.25) is 23.4 Å². The number of nitrogen functional groups attached to an aromatic ring is 1. The van der Waals surface area contributed by atoms with Crippen molar-refractivity contribution >= 4 is 40.3 Å². The molecule has 4 N–H and O–H groups in total. The number of amidine groups is 1. The number of ether oxygens (including phenoxy) is 1. The number of allylic oxidation sites excluding steroid dienone is 1. The summed E-state index contributed by atoms with van der Waals surface area (Å²) >= 11 is 5.85. The van der Waals surface area contributed by atoms with Gasteiger partial charge in [0.1, 0.15) is 92.2 Å². The van der Waals surface area contributed by atoms with Crippen molar-refractivity contribution in [1.82, 2.24) is 48.1 Å². The Balaban J connectivity index is 0.000000159. The fraction of sp³-hybridized carbons (Fsp3) is 0.0769. The third-order valence-electron chi connectivity index (χ3n) is 7.84. The van der Waals surface area contributed by atoms with Crippen LogP contribution in [0, 0.1) is 56.9 Å². The Morgan fingerprint density at radius 1 is 0.820 bits per heavy atom. The van der Waals surface area contributed by atoms with E-state index < -0.39 is 23.2 Å². The van der Waals surface area contributed by atoms with E-state index >= 15 is 0 Å².